The number of thioether (sulfide) groups is 1. The summed E-state index contributed by atoms with van der Waals surface area (Å²) >= 11 is 1.63. The fraction of sp³-hybridized carbons (Fsp3) is 0.412. The van der Waals surface area contributed by atoms with Gasteiger partial charge in [0.05, 0.1) is 23.4 Å². The highest BCUT2D eigenvalue weighted by molar-refractivity contribution is 7.99. The molecular formula is C17H19N3O5S. The minimum absolute atomic E-state index is 0.0662. The molecule has 138 valence electrons. The summed E-state index contributed by atoms with van der Waals surface area (Å²) in [6.45, 7) is 0.626. The molecule has 3 rings (SSSR count). The fourth-order valence-electron chi connectivity index (χ4n) is 3.17. The van der Waals surface area contributed by atoms with Gasteiger partial charge in [0.2, 0.25) is 5.91 Å². The van der Waals surface area contributed by atoms with Crippen molar-refractivity contribution in [3.63, 3.8) is 0 Å². The Labute approximate surface area is 152 Å². The number of nitrogens with one attached hydrogen (secondary N) is 1. The van der Waals surface area contributed by atoms with Crippen molar-refractivity contribution < 1.29 is 14.7 Å². The topological polar surface area (TPSA) is 112 Å². The largest absolute Gasteiger partial charge is 0.481 e. The summed E-state index contributed by atoms with van der Waals surface area (Å²) in [7, 11) is 0. The Bertz CT molecular complexity index is 951. The van der Waals surface area contributed by atoms with Gasteiger partial charge in [0.15, 0.2) is 0 Å². The first-order valence-electron chi connectivity index (χ1n) is 8.28. The van der Waals surface area contributed by atoms with Crippen molar-refractivity contribution in [1.82, 2.24) is 14.5 Å². The van der Waals surface area contributed by atoms with Gasteiger partial charge in [0.25, 0.3) is 5.56 Å². The van der Waals surface area contributed by atoms with Gasteiger partial charge in [-0.15, -0.1) is 0 Å². The lowest BCUT2D eigenvalue weighted by Crippen LogP contribution is -2.47. The molecule has 2 heterocycles. The van der Waals surface area contributed by atoms with Crippen LogP contribution in [0, 0.1) is 0 Å². The Morgan fingerprint density at radius 3 is 2.81 bits per heavy atom. The zero-order chi connectivity index (χ0) is 18.7. The van der Waals surface area contributed by atoms with Crippen LogP contribution in [0.1, 0.15) is 12.8 Å². The summed E-state index contributed by atoms with van der Waals surface area (Å²) in [5, 5.41) is 9.41. The van der Waals surface area contributed by atoms with Crippen molar-refractivity contribution in [2.45, 2.75) is 25.4 Å². The highest BCUT2D eigenvalue weighted by atomic mass is 32.2. The van der Waals surface area contributed by atoms with E-state index in [1.807, 2.05) is 0 Å². The van der Waals surface area contributed by atoms with E-state index in [1.54, 1.807) is 40.9 Å². The molecule has 2 aromatic rings. The number of carbonyl (C=O) groups excluding carboxylic acids is 1. The third-order valence-corrected chi connectivity index (χ3v) is 5.50. The van der Waals surface area contributed by atoms with Gasteiger partial charge >= 0.3 is 11.7 Å². The molecule has 1 saturated heterocycles. The molecule has 0 bridgehead atoms. The quantitative estimate of drug-likeness (QED) is 0.785. The Morgan fingerprint density at radius 1 is 1.27 bits per heavy atom. The van der Waals surface area contributed by atoms with Crippen LogP contribution >= 0.6 is 11.8 Å². The number of para-hydroxylation sites is 1. The lowest BCUT2D eigenvalue weighted by molar-refractivity contribution is -0.140. The maximum absolute atomic E-state index is 12.6. The Kier molecular flexibility index (Phi) is 5.46. The number of carbonyl (C=O) groups is 2. The van der Waals surface area contributed by atoms with E-state index in [0.717, 1.165) is 5.75 Å². The lowest BCUT2D eigenvalue weighted by Gasteiger charge is -2.34. The van der Waals surface area contributed by atoms with E-state index in [4.69, 9.17) is 5.11 Å². The monoisotopic (exact) mass is 377 g/mol. The van der Waals surface area contributed by atoms with Crippen LogP contribution in [0.5, 0.6) is 0 Å². The van der Waals surface area contributed by atoms with Gasteiger partial charge < -0.3 is 10.0 Å². The molecule has 26 heavy (non-hydrogen) atoms. The SMILES string of the molecule is O=C(O)CC1CSCCN1C(=O)CCn1c(=O)[nH]c(=O)c2ccccc21. The summed E-state index contributed by atoms with van der Waals surface area (Å²) in [5.41, 5.74) is -0.536. The number of hydrogen-bond acceptors (Lipinski definition) is 5. The second-order valence-corrected chi connectivity index (χ2v) is 7.24. The number of benzene rings is 1. The molecule has 0 radical (unpaired) electrons. The predicted octanol–water partition coefficient (Wildman–Crippen LogP) is 0.499. The molecule has 9 heteroatoms. The number of aromatic amines is 1. The highest BCUT2D eigenvalue weighted by Crippen LogP contribution is 2.20. The number of H-pyrrole nitrogens is 1. The van der Waals surface area contributed by atoms with Crippen molar-refractivity contribution >= 4 is 34.5 Å². The summed E-state index contributed by atoms with van der Waals surface area (Å²) in [6.07, 6.45) is -0.0169. The van der Waals surface area contributed by atoms with Gasteiger partial charge in [-0.3, -0.25) is 23.9 Å². The number of aliphatic carboxylic acids is 1. The molecule has 1 aromatic carbocycles. The number of aromatic nitrogens is 2. The molecule has 0 saturated carbocycles. The van der Waals surface area contributed by atoms with Crippen molar-refractivity contribution in [1.29, 1.82) is 0 Å². The van der Waals surface area contributed by atoms with Crippen LogP contribution in [0.4, 0.5) is 0 Å². The smallest absolute Gasteiger partial charge is 0.328 e. The van der Waals surface area contributed by atoms with Crippen molar-refractivity contribution in [2.75, 3.05) is 18.1 Å². The van der Waals surface area contributed by atoms with Gasteiger partial charge in [-0.2, -0.15) is 11.8 Å². The number of fused-ring (bicyclic) bond motifs is 1. The molecular weight excluding hydrogens is 358 g/mol. The Morgan fingerprint density at radius 2 is 2.04 bits per heavy atom. The van der Waals surface area contributed by atoms with Crippen LogP contribution in [-0.4, -0.2) is 55.5 Å². The molecule has 1 atom stereocenters. The average Bonchev–Trinajstić information content (AvgIpc) is 2.61. The number of hydrogen-bond donors (Lipinski definition) is 2. The zero-order valence-electron chi connectivity index (χ0n) is 14.0. The second kappa shape index (κ2) is 7.77. The molecule has 1 aliphatic heterocycles. The minimum atomic E-state index is -0.932. The first-order valence-corrected chi connectivity index (χ1v) is 9.43. The zero-order valence-corrected chi connectivity index (χ0v) is 14.8. The molecule has 2 N–H and O–H groups in total. The molecule has 1 aromatic heterocycles. The summed E-state index contributed by atoms with van der Waals surface area (Å²) in [4.78, 5) is 51.5. The van der Waals surface area contributed by atoms with E-state index >= 15 is 0 Å². The second-order valence-electron chi connectivity index (χ2n) is 6.09. The van der Waals surface area contributed by atoms with E-state index in [9.17, 15) is 19.2 Å². The van der Waals surface area contributed by atoms with Crippen LogP contribution in [0.3, 0.4) is 0 Å². The molecule has 8 nitrogen and oxygen atoms in total. The third kappa shape index (κ3) is 3.82. The van der Waals surface area contributed by atoms with Gasteiger partial charge in [-0.1, -0.05) is 12.1 Å². The van der Waals surface area contributed by atoms with E-state index in [1.165, 1.54) is 4.57 Å². The Balaban J connectivity index is 1.79. The van der Waals surface area contributed by atoms with Gasteiger partial charge in [0.1, 0.15) is 0 Å². The maximum atomic E-state index is 12.6. The van der Waals surface area contributed by atoms with E-state index in [-0.39, 0.29) is 31.3 Å². The van der Waals surface area contributed by atoms with Crippen molar-refractivity contribution in [3.05, 3.63) is 45.1 Å². The van der Waals surface area contributed by atoms with Gasteiger partial charge in [-0.05, 0) is 12.1 Å². The Hall–Kier alpha value is -2.55. The van der Waals surface area contributed by atoms with E-state index < -0.39 is 17.2 Å². The van der Waals surface area contributed by atoms with Gasteiger partial charge in [0, 0.05) is 31.0 Å². The molecule has 0 spiro atoms. The minimum Gasteiger partial charge on any atom is -0.481 e. The number of aryl methyl sites for hydroxylation is 1. The molecule has 1 amide bonds. The number of carboxylic acids is 1. The molecule has 0 aliphatic carbocycles. The van der Waals surface area contributed by atoms with E-state index in [0.29, 0.717) is 23.2 Å². The lowest BCUT2D eigenvalue weighted by atomic mass is 10.1. The van der Waals surface area contributed by atoms with Crippen LogP contribution < -0.4 is 11.2 Å². The van der Waals surface area contributed by atoms with Crippen LogP contribution in [0.2, 0.25) is 0 Å². The predicted molar refractivity (Wildman–Crippen MR) is 98.5 cm³/mol. The van der Waals surface area contributed by atoms with Crippen LogP contribution in [0.25, 0.3) is 10.9 Å². The summed E-state index contributed by atoms with van der Waals surface area (Å²) < 4.78 is 1.37. The summed E-state index contributed by atoms with van der Waals surface area (Å²) in [5.74, 6) is 0.250. The highest BCUT2D eigenvalue weighted by Gasteiger charge is 2.28. The molecule has 1 aliphatic rings. The number of amides is 1. The van der Waals surface area contributed by atoms with Gasteiger partial charge in [-0.25, -0.2) is 4.79 Å². The third-order valence-electron chi connectivity index (χ3n) is 4.41. The van der Waals surface area contributed by atoms with Crippen LogP contribution in [-0.2, 0) is 16.1 Å². The molecule has 1 unspecified atom stereocenters. The average molecular weight is 377 g/mol. The van der Waals surface area contributed by atoms with Crippen molar-refractivity contribution in [3.8, 4) is 0 Å². The first-order chi connectivity index (χ1) is 12.5. The van der Waals surface area contributed by atoms with E-state index in [2.05, 4.69) is 4.98 Å². The number of carboxylic acid groups (broad SMARTS) is 1. The number of rotatable bonds is 5. The maximum Gasteiger partial charge on any atom is 0.328 e. The number of nitrogens with zero attached hydrogens (tertiary/aromatic N) is 2. The first kappa shape index (κ1) is 18.2. The fourth-order valence-corrected chi connectivity index (χ4v) is 4.23. The van der Waals surface area contributed by atoms with Crippen molar-refractivity contribution in [2.24, 2.45) is 0 Å². The summed E-state index contributed by atoms with van der Waals surface area (Å²) in [6, 6.07) is 6.39. The van der Waals surface area contributed by atoms with Crippen LogP contribution in [0.15, 0.2) is 33.9 Å². The molecule has 1 fully saturated rings. The standard InChI is InChI=1S/C17H19N3O5S/c21-14(19-7-8-26-10-11(19)9-15(22)23)5-6-20-13-4-2-1-3-12(13)16(24)18-17(20)25/h1-4,11H,5-10H2,(H,22,23)(H,18,24,25). The normalized spacial score (nSPS) is 17.4.